The number of halogens is 1. The maximum absolute atomic E-state index is 5.89. The third-order valence-electron chi connectivity index (χ3n) is 3.67. The first-order valence-corrected chi connectivity index (χ1v) is 7.84. The van der Waals surface area contributed by atoms with Crippen LogP contribution >= 0.6 is 24.0 Å². The molecule has 0 aliphatic heterocycles. The third-order valence-corrected chi connectivity index (χ3v) is 3.67. The van der Waals surface area contributed by atoms with Gasteiger partial charge in [-0.05, 0) is 19.3 Å². The lowest BCUT2D eigenvalue weighted by molar-refractivity contribution is 0.0277. The van der Waals surface area contributed by atoms with Crippen LogP contribution in [0, 0.1) is 0 Å². The van der Waals surface area contributed by atoms with Gasteiger partial charge in [0.05, 0.1) is 12.6 Å². The summed E-state index contributed by atoms with van der Waals surface area (Å²) < 4.78 is 10.7. The first kappa shape index (κ1) is 19.2. The first-order chi connectivity index (χ1) is 10.4. The number of aromatic nitrogens is 1. The summed E-state index contributed by atoms with van der Waals surface area (Å²) >= 11 is 0. The molecule has 1 aromatic rings. The largest absolute Gasteiger partial charge is 0.378 e. The van der Waals surface area contributed by atoms with Crippen molar-refractivity contribution in [3.63, 3.8) is 0 Å². The highest BCUT2D eigenvalue weighted by atomic mass is 127. The molecule has 0 aromatic carbocycles. The standard InChI is InChI=1S/C15H26N4O2.HI/c1-16-15(18-12-13-8-11-21-19-13)17-9-5-10-20-14-6-3-2-4-7-14;/h8,11,14H,2-7,9-10,12H2,1H3,(H2,16,17,18);1H. The minimum Gasteiger partial charge on any atom is -0.378 e. The van der Waals surface area contributed by atoms with E-state index in [1.165, 1.54) is 32.1 Å². The smallest absolute Gasteiger partial charge is 0.191 e. The molecule has 0 radical (unpaired) electrons. The Balaban J connectivity index is 0.00000242. The molecule has 1 aromatic heterocycles. The first-order valence-electron chi connectivity index (χ1n) is 7.84. The van der Waals surface area contributed by atoms with E-state index in [1.54, 1.807) is 13.3 Å². The van der Waals surface area contributed by atoms with Crippen LogP contribution in [0.2, 0.25) is 0 Å². The van der Waals surface area contributed by atoms with E-state index in [-0.39, 0.29) is 24.0 Å². The lowest BCUT2D eigenvalue weighted by atomic mass is 9.98. The average Bonchev–Trinajstić information content (AvgIpc) is 3.04. The van der Waals surface area contributed by atoms with Crippen molar-refractivity contribution in [1.82, 2.24) is 15.8 Å². The topological polar surface area (TPSA) is 71.7 Å². The molecule has 0 bridgehead atoms. The normalized spacial score (nSPS) is 16.1. The Morgan fingerprint density at radius 3 is 2.86 bits per heavy atom. The molecule has 1 aliphatic rings. The molecule has 126 valence electrons. The zero-order valence-corrected chi connectivity index (χ0v) is 15.5. The van der Waals surface area contributed by atoms with E-state index < -0.39 is 0 Å². The summed E-state index contributed by atoms with van der Waals surface area (Å²) in [6.45, 7) is 2.28. The molecular weight excluding hydrogens is 395 g/mol. The van der Waals surface area contributed by atoms with Crippen LogP contribution in [0.15, 0.2) is 21.8 Å². The van der Waals surface area contributed by atoms with Crippen molar-refractivity contribution in [1.29, 1.82) is 0 Å². The average molecular weight is 422 g/mol. The van der Waals surface area contributed by atoms with Gasteiger partial charge >= 0.3 is 0 Å². The quantitative estimate of drug-likeness (QED) is 0.306. The molecule has 1 aliphatic carbocycles. The highest BCUT2D eigenvalue weighted by Crippen LogP contribution is 2.20. The van der Waals surface area contributed by atoms with Gasteiger partial charge in [-0.15, -0.1) is 24.0 Å². The second kappa shape index (κ2) is 11.7. The van der Waals surface area contributed by atoms with Gasteiger partial charge in [0.15, 0.2) is 5.96 Å². The Morgan fingerprint density at radius 2 is 2.18 bits per heavy atom. The summed E-state index contributed by atoms with van der Waals surface area (Å²) in [6, 6.07) is 1.83. The number of nitrogens with zero attached hydrogens (tertiary/aromatic N) is 2. The minimum absolute atomic E-state index is 0. The van der Waals surface area contributed by atoms with Crippen molar-refractivity contribution >= 4 is 29.9 Å². The number of aliphatic imine (C=N–C) groups is 1. The highest BCUT2D eigenvalue weighted by molar-refractivity contribution is 14.0. The molecule has 0 unspecified atom stereocenters. The number of nitrogens with one attached hydrogen (secondary N) is 2. The molecule has 22 heavy (non-hydrogen) atoms. The van der Waals surface area contributed by atoms with E-state index in [2.05, 4.69) is 20.8 Å². The molecule has 1 saturated carbocycles. The van der Waals surface area contributed by atoms with Crippen LogP contribution in [0.4, 0.5) is 0 Å². The summed E-state index contributed by atoms with van der Waals surface area (Å²) in [6.07, 6.45) is 9.51. The maximum atomic E-state index is 5.89. The van der Waals surface area contributed by atoms with Gasteiger partial charge in [-0.1, -0.05) is 24.4 Å². The van der Waals surface area contributed by atoms with E-state index in [4.69, 9.17) is 9.26 Å². The lowest BCUT2D eigenvalue weighted by Crippen LogP contribution is -2.37. The Hall–Kier alpha value is -0.830. The summed E-state index contributed by atoms with van der Waals surface area (Å²) in [5, 5.41) is 10.3. The van der Waals surface area contributed by atoms with Crippen LogP contribution in [0.3, 0.4) is 0 Å². The number of rotatable bonds is 7. The molecule has 0 atom stereocenters. The fourth-order valence-electron chi connectivity index (χ4n) is 2.48. The van der Waals surface area contributed by atoms with Gasteiger partial charge in [0.2, 0.25) is 0 Å². The van der Waals surface area contributed by atoms with Gasteiger partial charge in [0, 0.05) is 26.3 Å². The molecule has 2 N–H and O–H groups in total. The molecule has 1 fully saturated rings. The van der Waals surface area contributed by atoms with Crippen molar-refractivity contribution in [2.45, 2.75) is 51.2 Å². The van der Waals surface area contributed by atoms with Gasteiger partial charge in [0.1, 0.15) is 12.0 Å². The molecule has 0 amide bonds. The second-order valence-electron chi connectivity index (χ2n) is 5.33. The molecule has 0 spiro atoms. The van der Waals surface area contributed by atoms with Crippen LogP contribution < -0.4 is 10.6 Å². The molecule has 7 heteroatoms. The van der Waals surface area contributed by atoms with Crippen LogP contribution in [0.1, 0.15) is 44.2 Å². The Bertz CT molecular complexity index is 406. The van der Waals surface area contributed by atoms with E-state index in [9.17, 15) is 0 Å². The fourth-order valence-corrected chi connectivity index (χ4v) is 2.48. The van der Waals surface area contributed by atoms with Gasteiger partial charge in [-0.25, -0.2) is 0 Å². The zero-order valence-electron chi connectivity index (χ0n) is 13.2. The second-order valence-corrected chi connectivity index (χ2v) is 5.33. The van der Waals surface area contributed by atoms with E-state index in [1.807, 2.05) is 6.07 Å². The van der Waals surface area contributed by atoms with Crippen molar-refractivity contribution < 1.29 is 9.26 Å². The molecular formula is C15H27IN4O2. The van der Waals surface area contributed by atoms with Gasteiger partial charge in [0.25, 0.3) is 0 Å². The van der Waals surface area contributed by atoms with Crippen LogP contribution in [0.25, 0.3) is 0 Å². The van der Waals surface area contributed by atoms with Crippen molar-refractivity contribution in [3.05, 3.63) is 18.0 Å². The zero-order chi connectivity index (χ0) is 14.8. The van der Waals surface area contributed by atoms with Crippen LogP contribution in [0.5, 0.6) is 0 Å². The number of hydrogen-bond donors (Lipinski definition) is 2. The maximum Gasteiger partial charge on any atom is 0.191 e. The highest BCUT2D eigenvalue weighted by Gasteiger charge is 2.12. The summed E-state index contributed by atoms with van der Waals surface area (Å²) in [4.78, 5) is 4.17. The van der Waals surface area contributed by atoms with Gasteiger partial charge in [-0.3, -0.25) is 4.99 Å². The molecule has 2 rings (SSSR count). The number of guanidine groups is 1. The third kappa shape index (κ3) is 7.44. The van der Waals surface area contributed by atoms with Crippen molar-refractivity contribution in [2.75, 3.05) is 20.2 Å². The Morgan fingerprint density at radius 1 is 1.36 bits per heavy atom. The Labute approximate surface area is 149 Å². The lowest BCUT2D eigenvalue weighted by Gasteiger charge is -2.22. The van der Waals surface area contributed by atoms with Crippen LogP contribution in [-0.4, -0.2) is 37.4 Å². The van der Waals surface area contributed by atoms with Crippen LogP contribution in [-0.2, 0) is 11.3 Å². The van der Waals surface area contributed by atoms with Gasteiger partial charge in [-0.2, -0.15) is 0 Å². The molecule has 6 nitrogen and oxygen atoms in total. The Kier molecular flexibility index (Phi) is 10.2. The van der Waals surface area contributed by atoms with E-state index in [0.717, 1.165) is 31.2 Å². The SMILES string of the molecule is CN=C(NCCCOC1CCCCC1)NCc1ccon1.I. The number of hydrogen-bond acceptors (Lipinski definition) is 4. The summed E-state index contributed by atoms with van der Waals surface area (Å²) in [5.74, 6) is 0.774. The summed E-state index contributed by atoms with van der Waals surface area (Å²) in [7, 11) is 1.76. The van der Waals surface area contributed by atoms with E-state index in [0.29, 0.717) is 12.6 Å². The van der Waals surface area contributed by atoms with E-state index >= 15 is 0 Å². The van der Waals surface area contributed by atoms with Crippen molar-refractivity contribution in [3.8, 4) is 0 Å². The molecule has 1 heterocycles. The summed E-state index contributed by atoms with van der Waals surface area (Å²) in [5.41, 5.74) is 0.860. The minimum atomic E-state index is 0. The monoisotopic (exact) mass is 422 g/mol. The molecule has 0 saturated heterocycles. The predicted octanol–water partition coefficient (Wildman–Crippen LogP) is 2.70. The fraction of sp³-hybridized carbons (Fsp3) is 0.733. The van der Waals surface area contributed by atoms with Crippen molar-refractivity contribution in [2.24, 2.45) is 4.99 Å². The predicted molar refractivity (Wildman–Crippen MR) is 97.6 cm³/mol. The van der Waals surface area contributed by atoms with Gasteiger partial charge < -0.3 is 19.9 Å². The number of ether oxygens (including phenoxy) is 1.